The van der Waals surface area contributed by atoms with E-state index in [0.29, 0.717) is 29.5 Å². The zero-order chi connectivity index (χ0) is 21.6. The average molecular weight is 434 g/mol. The summed E-state index contributed by atoms with van der Waals surface area (Å²) in [5.41, 5.74) is 2.76. The Balaban J connectivity index is 1.38. The molecule has 0 aliphatic carbocycles. The van der Waals surface area contributed by atoms with Crippen LogP contribution >= 0.6 is 11.3 Å². The van der Waals surface area contributed by atoms with Gasteiger partial charge >= 0.3 is 0 Å². The van der Waals surface area contributed by atoms with Gasteiger partial charge in [0, 0.05) is 22.7 Å². The Morgan fingerprint density at radius 1 is 1.03 bits per heavy atom. The van der Waals surface area contributed by atoms with Gasteiger partial charge in [-0.1, -0.05) is 18.2 Å². The predicted molar refractivity (Wildman–Crippen MR) is 119 cm³/mol. The number of thiazole rings is 1. The van der Waals surface area contributed by atoms with Crippen molar-refractivity contribution in [1.29, 1.82) is 0 Å². The topological polar surface area (TPSA) is 60.5 Å². The van der Waals surface area contributed by atoms with E-state index >= 15 is 0 Å². The Morgan fingerprint density at radius 3 is 2.55 bits per heavy atom. The number of nitrogens with one attached hydrogen (secondary N) is 1. The second-order valence-electron chi connectivity index (χ2n) is 6.66. The lowest BCUT2D eigenvalue weighted by Crippen LogP contribution is -2.12. The Morgan fingerprint density at radius 2 is 1.81 bits per heavy atom. The molecule has 0 aliphatic heterocycles. The van der Waals surface area contributed by atoms with Crippen LogP contribution < -0.4 is 14.8 Å². The minimum atomic E-state index is -0.282. The molecule has 1 heterocycles. The standard InChI is InChI=1S/C24H19FN2O3S/c1-29-21-4-2-3-19(13-21)26-23(28)22-15-31-24(27-22)17-7-11-20(12-8-17)30-14-16-5-9-18(25)10-6-16/h2-13,15H,14H2,1H3,(H,26,28). The molecule has 4 rings (SSSR count). The van der Waals surface area contributed by atoms with E-state index in [1.807, 2.05) is 30.3 Å². The third-order valence-electron chi connectivity index (χ3n) is 4.48. The molecule has 0 atom stereocenters. The quantitative estimate of drug-likeness (QED) is 0.400. The Hall–Kier alpha value is -3.71. The number of ether oxygens (including phenoxy) is 2. The number of hydrogen-bond acceptors (Lipinski definition) is 5. The molecule has 1 aromatic heterocycles. The van der Waals surface area contributed by atoms with Crippen molar-refractivity contribution < 1.29 is 18.7 Å². The number of anilines is 1. The third kappa shape index (κ3) is 5.26. The zero-order valence-corrected chi connectivity index (χ0v) is 17.5. The highest BCUT2D eigenvalue weighted by Crippen LogP contribution is 2.27. The van der Waals surface area contributed by atoms with E-state index in [-0.39, 0.29) is 11.7 Å². The van der Waals surface area contributed by atoms with Crippen LogP contribution in [0, 0.1) is 5.82 Å². The lowest BCUT2D eigenvalue weighted by molar-refractivity contribution is 0.102. The molecule has 0 unspecified atom stereocenters. The highest BCUT2D eigenvalue weighted by Gasteiger charge is 2.13. The van der Waals surface area contributed by atoms with E-state index in [4.69, 9.17) is 9.47 Å². The van der Waals surface area contributed by atoms with Crippen LogP contribution in [0.4, 0.5) is 10.1 Å². The van der Waals surface area contributed by atoms with Gasteiger partial charge in [-0.3, -0.25) is 4.79 Å². The molecule has 3 aromatic carbocycles. The molecule has 0 fully saturated rings. The molecule has 0 radical (unpaired) electrons. The maximum Gasteiger partial charge on any atom is 0.275 e. The molecule has 1 amide bonds. The number of aromatic nitrogens is 1. The summed E-state index contributed by atoms with van der Waals surface area (Å²) in [7, 11) is 1.58. The molecule has 0 spiro atoms. The summed E-state index contributed by atoms with van der Waals surface area (Å²) < 4.78 is 23.9. The Kier molecular flexibility index (Phi) is 6.24. The number of nitrogens with zero attached hydrogens (tertiary/aromatic N) is 1. The molecule has 156 valence electrons. The van der Waals surface area contributed by atoms with Crippen molar-refractivity contribution in [2.75, 3.05) is 12.4 Å². The first-order chi connectivity index (χ1) is 15.1. The van der Waals surface area contributed by atoms with Crippen molar-refractivity contribution in [3.05, 3.63) is 95.3 Å². The molecule has 7 heteroatoms. The van der Waals surface area contributed by atoms with Gasteiger partial charge in [0.25, 0.3) is 5.91 Å². The largest absolute Gasteiger partial charge is 0.497 e. The fourth-order valence-electron chi connectivity index (χ4n) is 2.85. The minimum absolute atomic E-state index is 0.270. The summed E-state index contributed by atoms with van der Waals surface area (Å²) in [6, 6.07) is 20.8. The van der Waals surface area contributed by atoms with E-state index in [9.17, 15) is 9.18 Å². The zero-order valence-electron chi connectivity index (χ0n) is 16.7. The molecule has 0 saturated heterocycles. The molecule has 31 heavy (non-hydrogen) atoms. The van der Waals surface area contributed by atoms with E-state index in [2.05, 4.69) is 10.3 Å². The highest BCUT2D eigenvalue weighted by molar-refractivity contribution is 7.13. The summed E-state index contributed by atoms with van der Waals surface area (Å²) in [6.45, 7) is 0.353. The van der Waals surface area contributed by atoms with Crippen LogP contribution in [-0.2, 0) is 6.61 Å². The monoisotopic (exact) mass is 434 g/mol. The van der Waals surface area contributed by atoms with Crippen molar-refractivity contribution >= 4 is 22.9 Å². The highest BCUT2D eigenvalue weighted by atomic mass is 32.1. The van der Waals surface area contributed by atoms with E-state index < -0.39 is 0 Å². The van der Waals surface area contributed by atoms with Gasteiger partial charge in [-0.05, 0) is 54.1 Å². The first-order valence-electron chi connectivity index (χ1n) is 9.49. The van der Waals surface area contributed by atoms with E-state index in [1.165, 1.54) is 23.5 Å². The smallest absolute Gasteiger partial charge is 0.275 e. The molecule has 4 aromatic rings. The van der Waals surface area contributed by atoms with E-state index in [0.717, 1.165) is 16.1 Å². The fourth-order valence-corrected chi connectivity index (χ4v) is 3.65. The van der Waals surface area contributed by atoms with Gasteiger partial charge in [-0.25, -0.2) is 9.37 Å². The normalized spacial score (nSPS) is 10.5. The first kappa shape index (κ1) is 20.6. The molecular weight excluding hydrogens is 415 g/mol. The van der Waals surface area contributed by atoms with Gasteiger partial charge in [0.1, 0.15) is 34.6 Å². The molecule has 1 N–H and O–H groups in total. The predicted octanol–water partition coefficient (Wildman–Crippen LogP) is 5.79. The Labute approximate surface area is 183 Å². The number of hydrogen-bond donors (Lipinski definition) is 1. The number of benzene rings is 3. The van der Waals surface area contributed by atoms with Crippen LogP contribution in [0.5, 0.6) is 11.5 Å². The lowest BCUT2D eigenvalue weighted by Gasteiger charge is -2.07. The molecule has 0 saturated carbocycles. The van der Waals surface area contributed by atoms with E-state index in [1.54, 1.807) is 42.8 Å². The van der Waals surface area contributed by atoms with Gasteiger partial charge in [0.15, 0.2) is 0 Å². The maximum absolute atomic E-state index is 13.0. The van der Waals surface area contributed by atoms with Gasteiger partial charge in [-0.2, -0.15) is 0 Å². The van der Waals surface area contributed by atoms with Gasteiger partial charge < -0.3 is 14.8 Å². The van der Waals surface area contributed by atoms with Crippen LogP contribution in [0.2, 0.25) is 0 Å². The van der Waals surface area contributed by atoms with Crippen LogP contribution in [0.25, 0.3) is 10.6 Å². The molecule has 0 bridgehead atoms. The minimum Gasteiger partial charge on any atom is -0.497 e. The van der Waals surface area contributed by atoms with Crippen molar-refractivity contribution in [3.63, 3.8) is 0 Å². The van der Waals surface area contributed by atoms with Gasteiger partial charge in [0.05, 0.1) is 7.11 Å². The van der Waals surface area contributed by atoms with Gasteiger partial charge in [0.2, 0.25) is 0 Å². The second-order valence-corrected chi connectivity index (χ2v) is 7.52. The number of carbonyl (C=O) groups excluding carboxylic acids is 1. The number of amides is 1. The summed E-state index contributed by atoms with van der Waals surface area (Å²) in [4.78, 5) is 17.0. The Bertz CT molecular complexity index is 1170. The fraction of sp³-hybridized carbons (Fsp3) is 0.0833. The first-order valence-corrected chi connectivity index (χ1v) is 10.4. The molecule has 5 nitrogen and oxygen atoms in total. The van der Waals surface area contributed by atoms with Crippen LogP contribution in [0.1, 0.15) is 16.1 Å². The third-order valence-corrected chi connectivity index (χ3v) is 5.38. The molecule has 0 aliphatic rings. The second kappa shape index (κ2) is 9.40. The summed E-state index contributed by atoms with van der Waals surface area (Å²) in [6.07, 6.45) is 0. The summed E-state index contributed by atoms with van der Waals surface area (Å²) in [5.74, 6) is 0.808. The van der Waals surface area contributed by atoms with Crippen LogP contribution in [0.3, 0.4) is 0 Å². The number of carbonyl (C=O) groups is 1. The SMILES string of the molecule is COc1cccc(NC(=O)c2csc(-c3ccc(OCc4ccc(F)cc4)cc3)n2)c1. The number of rotatable bonds is 7. The van der Waals surface area contributed by atoms with Crippen LogP contribution in [0.15, 0.2) is 78.2 Å². The lowest BCUT2D eigenvalue weighted by atomic mass is 10.2. The summed E-state index contributed by atoms with van der Waals surface area (Å²) in [5, 5.41) is 5.29. The van der Waals surface area contributed by atoms with Gasteiger partial charge in [-0.15, -0.1) is 11.3 Å². The number of methoxy groups -OCH3 is 1. The van der Waals surface area contributed by atoms with Crippen molar-refractivity contribution in [1.82, 2.24) is 4.98 Å². The molecular formula is C24H19FN2O3S. The maximum atomic E-state index is 13.0. The van der Waals surface area contributed by atoms with Crippen LogP contribution in [-0.4, -0.2) is 18.0 Å². The number of halogens is 1. The van der Waals surface area contributed by atoms with Crippen molar-refractivity contribution in [2.45, 2.75) is 6.61 Å². The van der Waals surface area contributed by atoms with Crippen molar-refractivity contribution in [3.8, 4) is 22.1 Å². The van der Waals surface area contributed by atoms with Crippen molar-refractivity contribution in [2.24, 2.45) is 0 Å². The summed E-state index contributed by atoms with van der Waals surface area (Å²) >= 11 is 1.39. The average Bonchev–Trinajstić information content (AvgIpc) is 3.30.